The van der Waals surface area contributed by atoms with Crippen molar-refractivity contribution in [2.45, 2.75) is 104 Å². The summed E-state index contributed by atoms with van der Waals surface area (Å²) in [7, 11) is 2.11. The Balaban J connectivity index is 0.00000330. The van der Waals surface area contributed by atoms with E-state index < -0.39 is 17.8 Å². The van der Waals surface area contributed by atoms with E-state index in [4.69, 9.17) is 26.3 Å². The summed E-state index contributed by atoms with van der Waals surface area (Å²) in [6.45, 7) is 16.0. The monoisotopic (exact) mass is 630 g/mol. The van der Waals surface area contributed by atoms with Crippen LogP contribution in [0.25, 0.3) is 0 Å². The molecule has 2 unspecified atom stereocenters. The highest BCUT2D eigenvalue weighted by atomic mass is 35.5. The molecule has 0 aromatic carbocycles. The van der Waals surface area contributed by atoms with Gasteiger partial charge >= 0.3 is 6.01 Å². The molecule has 1 aromatic heterocycles. The summed E-state index contributed by atoms with van der Waals surface area (Å²) in [4.78, 5) is 28.2. The Kier molecular flexibility index (Phi) is 16.4. The van der Waals surface area contributed by atoms with Crippen molar-refractivity contribution in [1.29, 1.82) is 5.26 Å². The molecular weight excluding hydrogens is 579 g/mol. The SMILES string of the molecule is C=C(F)C(=O)N1CCN(c2nc(OCC3CCCN3C)nc(CCCC(/C=C\CC)=C(/C)Cl)c2CCC)CC1CC#N.CC. The predicted molar refractivity (Wildman–Crippen MR) is 178 cm³/mol. The van der Waals surface area contributed by atoms with E-state index in [1.54, 1.807) is 0 Å². The highest BCUT2D eigenvalue weighted by molar-refractivity contribution is 6.29. The van der Waals surface area contributed by atoms with Crippen LogP contribution >= 0.6 is 11.6 Å². The minimum Gasteiger partial charge on any atom is -0.462 e. The normalized spacial score (nSPS) is 19.3. The van der Waals surface area contributed by atoms with Crippen LogP contribution in [0.4, 0.5) is 10.2 Å². The summed E-state index contributed by atoms with van der Waals surface area (Å²) in [5.74, 6) is -0.988. The largest absolute Gasteiger partial charge is 0.462 e. The van der Waals surface area contributed by atoms with Crippen molar-refractivity contribution in [2.75, 3.05) is 44.7 Å². The molecule has 2 fully saturated rings. The van der Waals surface area contributed by atoms with E-state index >= 15 is 0 Å². The van der Waals surface area contributed by atoms with Crippen molar-refractivity contribution in [1.82, 2.24) is 19.8 Å². The number of likely N-dealkylation sites (tertiary alicyclic amines) is 1. The number of hydrogen-bond donors (Lipinski definition) is 0. The number of hydrogen-bond acceptors (Lipinski definition) is 7. The maximum Gasteiger partial charge on any atom is 0.318 e. The first-order chi connectivity index (χ1) is 21.2. The summed E-state index contributed by atoms with van der Waals surface area (Å²) < 4.78 is 20.0. The van der Waals surface area contributed by atoms with Gasteiger partial charge in [-0.05, 0) is 71.0 Å². The third-order valence-electron chi connectivity index (χ3n) is 8.09. The smallest absolute Gasteiger partial charge is 0.318 e. The van der Waals surface area contributed by atoms with Gasteiger partial charge in [0.15, 0.2) is 5.83 Å². The van der Waals surface area contributed by atoms with Crippen molar-refractivity contribution in [3.05, 3.63) is 46.4 Å². The predicted octanol–water partition coefficient (Wildman–Crippen LogP) is 7.14. The first-order valence-corrected chi connectivity index (χ1v) is 16.6. The summed E-state index contributed by atoms with van der Waals surface area (Å²) in [6, 6.07) is 2.36. The second-order valence-electron chi connectivity index (χ2n) is 11.2. The first-order valence-electron chi connectivity index (χ1n) is 16.2. The topological polar surface area (TPSA) is 85.6 Å². The molecule has 0 spiro atoms. The third kappa shape index (κ3) is 10.6. The molecule has 244 valence electrons. The van der Waals surface area contributed by atoms with Gasteiger partial charge in [-0.25, -0.2) is 4.39 Å². The van der Waals surface area contributed by atoms with Gasteiger partial charge in [-0.15, -0.1) is 0 Å². The summed E-state index contributed by atoms with van der Waals surface area (Å²) in [5, 5.41) is 10.3. The van der Waals surface area contributed by atoms with Crippen LogP contribution in [-0.4, -0.2) is 77.6 Å². The Hall–Kier alpha value is -2.96. The molecule has 2 atom stereocenters. The van der Waals surface area contributed by atoms with Crippen molar-refractivity contribution >= 4 is 23.3 Å². The van der Waals surface area contributed by atoms with Crippen molar-refractivity contribution < 1.29 is 13.9 Å². The number of aromatic nitrogens is 2. The fourth-order valence-electron chi connectivity index (χ4n) is 5.72. The zero-order chi connectivity index (χ0) is 32.6. The number of anilines is 1. The molecule has 1 aromatic rings. The molecule has 2 aliphatic rings. The number of amides is 1. The van der Waals surface area contributed by atoms with E-state index in [1.807, 2.05) is 20.8 Å². The van der Waals surface area contributed by atoms with Crippen LogP contribution in [0.1, 0.15) is 90.8 Å². The maximum atomic E-state index is 13.8. The Bertz CT molecular complexity index is 1190. The quantitative estimate of drug-likeness (QED) is 0.159. The minimum absolute atomic E-state index is 0.0894. The highest BCUT2D eigenvalue weighted by Crippen LogP contribution is 2.30. The van der Waals surface area contributed by atoms with E-state index in [-0.39, 0.29) is 13.0 Å². The van der Waals surface area contributed by atoms with Crippen LogP contribution < -0.4 is 9.64 Å². The molecule has 3 rings (SSSR count). The van der Waals surface area contributed by atoms with Gasteiger partial charge in [0.1, 0.15) is 12.4 Å². The van der Waals surface area contributed by atoms with Gasteiger partial charge in [-0.2, -0.15) is 15.2 Å². The molecule has 0 bridgehead atoms. The number of carbonyl (C=O) groups excluding carboxylic acids is 1. The lowest BCUT2D eigenvalue weighted by atomic mass is 10.0. The standard InChI is InChI=1S/C32H46ClFN6O2.C2H6/c1-6-8-12-25(23(3)33)13-9-15-29-28(11-7-2)30(37-32(36-29)42-22-27-14-10-18-38(27)5)39-19-20-40(31(41)24(4)34)26(21-39)16-17-35;1-2/h8,12,26-27H,4,6-7,9-11,13-16,18-22H2,1-3,5H3;1-2H3/b12-8-,25-23-;. The average Bonchev–Trinajstić information content (AvgIpc) is 3.43. The molecule has 8 nitrogen and oxygen atoms in total. The van der Waals surface area contributed by atoms with Crippen LogP contribution in [0.5, 0.6) is 6.01 Å². The number of allylic oxidation sites excluding steroid dienone is 4. The van der Waals surface area contributed by atoms with Gasteiger partial charge in [0.2, 0.25) is 0 Å². The van der Waals surface area contributed by atoms with Crippen LogP contribution in [0.3, 0.4) is 0 Å². The van der Waals surface area contributed by atoms with Gasteiger partial charge in [0.05, 0.1) is 24.2 Å². The molecule has 2 aliphatic heterocycles. The zero-order valence-electron chi connectivity index (χ0n) is 27.7. The Morgan fingerprint density at radius 3 is 2.55 bits per heavy atom. The van der Waals surface area contributed by atoms with Gasteiger partial charge in [-0.3, -0.25) is 4.79 Å². The van der Waals surface area contributed by atoms with Crippen molar-refractivity contribution in [3.8, 4) is 12.1 Å². The minimum atomic E-state index is -1.01. The number of ether oxygens (including phenoxy) is 1. The third-order valence-corrected chi connectivity index (χ3v) is 8.33. The maximum absolute atomic E-state index is 13.8. The Morgan fingerprint density at radius 1 is 1.20 bits per heavy atom. The van der Waals surface area contributed by atoms with E-state index in [0.717, 1.165) is 85.6 Å². The number of aryl methyl sites for hydroxylation is 1. The summed E-state index contributed by atoms with van der Waals surface area (Å²) >= 11 is 6.39. The molecular formula is C34H52ClFN6O2. The van der Waals surface area contributed by atoms with Crippen LogP contribution in [0.15, 0.2) is 35.2 Å². The van der Waals surface area contributed by atoms with E-state index in [2.05, 4.69) is 55.5 Å². The summed E-state index contributed by atoms with van der Waals surface area (Å²) in [6.07, 6.45) is 11.6. The highest BCUT2D eigenvalue weighted by Gasteiger charge is 2.34. The lowest BCUT2D eigenvalue weighted by Gasteiger charge is -2.41. The first kappa shape index (κ1) is 37.2. The number of nitrogens with zero attached hydrogens (tertiary/aromatic N) is 6. The lowest BCUT2D eigenvalue weighted by molar-refractivity contribution is -0.131. The fraction of sp³-hybridized carbons (Fsp3) is 0.647. The van der Waals surface area contributed by atoms with Gasteiger partial charge in [0, 0.05) is 36.3 Å². The summed E-state index contributed by atoms with van der Waals surface area (Å²) in [5.41, 5.74) is 3.14. The number of piperazine rings is 1. The molecule has 10 heteroatoms. The van der Waals surface area contributed by atoms with Crippen LogP contribution in [0.2, 0.25) is 0 Å². The number of nitriles is 1. The Labute approximate surface area is 269 Å². The second-order valence-corrected chi connectivity index (χ2v) is 11.7. The lowest BCUT2D eigenvalue weighted by Crippen LogP contribution is -2.55. The molecule has 0 radical (unpaired) electrons. The van der Waals surface area contributed by atoms with Gasteiger partial charge < -0.3 is 19.4 Å². The van der Waals surface area contributed by atoms with Crippen molar-refractivity contribution in [3.63, 3.8) is 0 Å². The van der Waals surface area contributed by atoms with Gasteiger partial charge in [-0.1, -0.05) is 64.4 Å². The molecule has 0 aliphatic carbocycles. The van der Waals surface area contributed by atoms with Crippen molar-refractivity contribution in [2.24, 2.45) is 0 Å². The average molecular weight is 631 g/mol. The van der Waals surface area contributed by atoms with E-state index in [9.17, 15) is 14.4 Å². The number of carbonyl (C=O) groups is 1. The molecule has 44 heavy (non-hydrogen) atoms. The number of rotatable bonds is 14. The van der Waals surface area contributed by atoms with Gasteiger partial charge in [0.25, 0.3) is 5.91 Å². The fourth-order valence-corrected chi connectivity index (χ4v) is 5.88. The van der Waals surface area contributed by atoms with Crippen LogP contribution in [-0.2, 0) is 17.6 Å². The molecule has 0 N–H and O–H groups in total. The number of likely N-dealkylation sites (N-methyl/N-ethyl adjacent to an activating group) is 1. The molecule has 1 amide bonds. The number of halogens is 2. The van der Waals surface area contributed by atoms with E-state index in [1.165, 1.54) is 4.90 Å². The second kappa shape index (κ2) is 19.4. The van der Waals surface area contributed by atoms with E-state index in [0.29, 0.717) is 31.7 Å². The molecule has 0 saturated carbocycles. The molecule has 3 heterocycles. The molecule has 2 saturated heterocycles. The Morgan fingerprint density at radius 2 is 1.95 bits per heavy atom. The zero-order valence-corrected chi connectivity index (χ0v) is 28.4. The van der Waals surface area contributed by atoms with Crippen LogP contribution in [0, 0.1) is 11.3 Å².